The van der Waals surface area contributed by atoms with Gasteiger partial charge in [0, 0.05) is 17.3 Å². The van der Waals surface area contributed by atoms with Crippen molar-refractivity contribution < 1.29 is 4.79 Å². The van der Waals surface area contributed by atoms with E-state index in [2.05, 4.69) is 17.2 Å². The number of carbonyl (C=O) groups excluding carboxylic acids is 1. The van der Waals surface area contributed by atoms with E-state index in [0.717, 1.165) is 31.2 Å². The van der Waals surface area contributed by atoms with E-state index in [9.17, 15) is 9.59 Å². The second kappa shape index (κ2) is 8.53. The molecule has 122 valence electrons. The number of carbonyl (C=O) groups is 1. The highest BCUT2D eigenvalue weighted by Gasteiger charge is 2.10. The lowest BCUT2D eigenvalue weighted by Gasteiger charge is -2.06. The van der Waals surface area contributed by atoms with Crippen LogP contribution >= 0.6 is 11.6 Å². The molecule has 2 N–H and O–H groups in total. The van der Waals surface area contributed by atoms with E-state index in [1.54, 1.807) is 24.3 Å². The summed E-state index contributed by atoms with van der Waals surface area (Å²) in [5, 5.41) is 3.42. The largest absolute Gasteiger partial charge is 0.352 e. The number of hydrogen-bond donors (Lipinski definition) is 2. The van der Waals surface area contributed by atoms with E-state index in [1.807, 2.05) is 12.1 Å². The zero-order valence-corrected chi connectivity index (χ0v) is 14.0. The molecule has 0 aliphatic rings. The molecule has 4 nitrogen and oxygen atoms in total. The summed E-state index contributed by atoms with van der Waals surface area (Å²) in [6.07, 6.45) is 4.33. The molecule has 1 heterocycles. The number of rotatable bonds is 7. The van der Waals surface area contributed by atoms with Crippen molar-refractivity contribution in [3.8, 4) is 11.3 Å². The number of unbranched alkanes of at least 4 members (excludes halogenated alkanes) is 3. The summed E-state index contributed by atoms with van der Waals surface area (Å²) in [4.78, 5) is 26.9. The maximum atomic E-state index is 12.1. The van der Waals surface area contributed by atoms with Gasteiger partial charge in [0.15, 0.2) is 0 Å². The van der Waals surface area contributed by atoms with Crippen molar-refractivity contribution in [3.63, 3.8) is 0 Å². The fourth-order valence-corrected chi connectivity index (χ4v) is 2.43. The quantitative estimate of drug-likeness (QED) is 0.753. The number of hydrogen-bond acceptors (Lipinski definition) is 2. The Morgan fingerprint density at radius 3 is 2.48 bits per heavy atom. The summed E-state index contributed by atoms with van der Waals surface area (Å²) in [6, 6.07) is 10.4. The molecule has 0 atom stereocenters. The Kier molecular flexibility index (Phi) is 6.41. The van der Waals surface area contributed by atoms with Crippen LogP contribution in [0.1, 0.15) is 43.0 Å². The van der Waals surface area contributed by atoms with Gasteiger partial charge in [0.1, 0.15) is 5.56 Å². The van der Waals surface area contributed by atoms with Gasteiger partial charge in [-0.1, -0.05) is 49.9 Å². The van der Waals surface area contributed by atoms with Gasteiger partial charge in [0.25, 0.3) is 11.5 Å². The first kappa shape index (κ1) is 17.3. The molecule has 0 fully saturated rings. The lowest BCUT2D eigenvalue weighted by atomic mass is 10.1. The molecule has 0 saturated heterocycles. The number of amides is 1. The van der Waals surface area contributed by atoms with E-state index in [0.29, 0.717) is 17.3 Å². The van der Waals surface area contributed by atoms with E-state index >= 15 is 0 Å². The average Bonchev–Trinajstić information content (AvgIpc) is 2.55. The highest BCUT2D eigenvalue weighted by Crippen LogP contribution is 2.18. The van der Waals surface area contributed by atoms with Crippen LogP contribution in [0.15, 0.2) is 41.2 Å². The summed E-state index contributed by atoms with van der Waals surface area (Å²) in [5.74, 6) is -0.328. The van der Waals surface area contributed by atoms with Crippen LogP contribution < -0.4 is 10.9 Å². The molecule has 2 rings (SSSR count). The molecule has 2 aromatic rings. The monoisotopic (exact) mass is 332 g/mol. The zero-order valence-electron chi connectivity index (χ0n) is 13.2. The Morgan fingerprint density at radius 2 is 1.83 bits per heavy atom. The van der Waals surface area contributed by atoms with Gasteiger partial charge in [-0.15, -0.1) is 0 Å². The van der Waals surface area contributed by atoms with Crippen LogP contribution in [0, 0.1) is 0 Å². The SMILES string of the molecule is CCCCCCNC(=O)c1ccc(-c2ccc(Cl)cc2)[nH]c1=O. The van der Waals surface area contributed by atoms with Crippen molar-refractivity contribution in [3.05, 3.63) is 57.3 Å². The van der Waals surface area contributed by atoms with Crippen molar-refractivity contribution in [2.75, 3.05) is 6.54 Å². The maximum absolute atomic E-state index is 12.1. The standard InChI is InChI=1S/C18H21ClN2O2/c1-2-3-4-5-12-20-17(22)15-10-11-16(21-18(15)23)13-6-8-14(19)9-7-13/h6-11H,2-5,12H2,1H3,(H,20,22)(H,21,23). The Hall–Kier alpha value is -2.07. The molecule has 0 aliphatic heterocycles. The van der Waals surface area contributed by atoms with Crippen LogP contribution in [0.3, 0.4) is 0 Å². The first-order valence-corrected chi connectivity index (χ1v) is 8.27. The van der Waals surface area contributed by atoms with Crippen molar-refractivity contribution in [1.82, 2.24) is 10.3 Å². The number of benzene rings is 1. The third-order valence-electron chi connectivity index (χ3n) is 3.63. The second-order valence-electron chi connectivity index (χ2n) is 5.44. The fraction of sp³-hybridized carbons (Fsp3) is 0.333. The molecule has 0 unspecified atom stereocenters. The Balaban J connectivity index is 2.03. The second-order valence-corrected chi connectivity index (χ2v) is 5.87. The first-order valence-electron chi connectivity index (χ1n) is 7.89. The fourth-order valence-electron chi connectivity index (χ4n) is 2.30. The van der Waals surface area contributed by atoms with Crippen molar-refractivity contribution in [2.45, 2.75) is 32.6 Å². The maximum Gasteiger partial charge on any atom is 0.261 e. The predicted octanol–water partition coefficient (Wildman–Crippen LogP) is 4.01. The third-order valence-corrected chi connectivity index (χ3v) is 3.88. The highest BCUT2D eigenvalue weighted by atomic mass is 35.5. The number of aromatic nitrogens is 1. The van der Waals surface area contributed by atoms with Crippen LogP contribution in [0.5, 0.6) is 0 Å². The molecular formula is C18H21ClN2O2. The Labute approximate surface area is 140 Å². The van der Waals surface area contributed by atoms with E-state index < -0.39 is 0 Å². The van der Waals surface area contributed by atoms with Crippen LogP contribution in [-0.4, -0.2) is 17.4 Å². The number of H-pyrrole nitrogens is 1. The average molecular weight is 333 g/mol. The van der Waals surface area contributed by atoms with Crippen molar-refractivity contribution >= 4 is 17.5 Å². The Bertz CT molecular complexity index is 708. The van der Waals surface area contributed by atoms with E-state index in [4.69, 9.17) is 11.6 Å². The van der Waals surface area contributed by atoms with Gasteiger partial charge in [-0.2, -0.15) is 0 Å². The third kappa shape index (κ3) is 4.96. The summed E-state index contributed by atoms with van der Waals surface area (Å²) in [6.45, 7) is 2.73. The van der Waals surface area contributed by atoms with Crippen LogP contribution in [0.4, 0.5) is 0 Å². The molecule has 1 aromatic heterocycles. The van der Waals surface area contributed by atoms with Gasteiger partial charge in [-0.25, -0.2) is 0 Å². The van der Waals surface area contributed by atoms with Gasteiger partial charge in [0.2, 0.25) is 0 Å². The summed E-state index contributed by atoms with van der Waals surface area (Å²) in [7, 11) is 0. The number of halogens is 1. The summed E-state index contributed by atoms with van der Waals surface area (Å²) < 4.78 is 0. The molecule has 1 amide bonds. The van der Waals surface area contributed by atoms with Gasteiger partial charge >= 0.3 is 0 Å². The topological polar surface area (TPSA) is 62.0 Å². The van der Waals surface area contributed by atoms with E-state index in [-0.39, 0.29) is 17.0 Å². The van der Waals surface area contributed by atoms with Gasteiger partial charge < -0.3 is 10.3 Å². The normalized spacial score (nSPS) is 10.5. The van der Waals surface area contributed by atoms with E-state index in [1.165, 1.54) is 0 Å². The van der Waals surface area contributed by atoms with Crippen LogP contribution in [0.2, 0.25) is 5.02 Å². The minimum atomic E-state index is -0.386. The highest BCUT2D eigenvalue weighted by molar-refractivity contribution is 6.30. The molecule has 0 aliphatic carbocycles. The minimum absolute atomic E-state index is 0.137. The van der Waals surface area contributed by atoms with Crippen molar-refractivity contribution in [1.29, 1.82) is 0 Å². The lowest BCUT2D eigenvalue weighted by Crippen LogP contribution is -2.30. The molecule has 0 saturated carbocycles. The molecular weight excluding hydrogens is 312 g/mol. The van der Waals surface area contributed by atoms with Crippen LogP contribution in [0.25, 0.3) is 11.3 Å². The Morgan fingerprint density at radius 1 is 1.09 bits per heavy atom. The molecule has 23 heavy (non-hydrogen) atoms. The zero-order chi connectivity index (χ0) is 16.7. The lowest BCUT2D eigenvalue weighted by molar-refractivity contribution is 0.0951. The van der Waals surface area contributed by atoms with Crippen LogP contribution in [-0.2, 0) is 0 Å². The van der Waals surface area contributed by atoms with Gasteiger partial charge in [-0.3, -0.25) is 9.59 Å². The summed E-state index contributed by atoms with van der Waals surface area (Å²) in [5.41, 5.74) is 1.26. The molecule has 0 radical (unpaired) electrons. The molecule has 5 heteroatoms. The number of nitrogens with one attached hydrogen (secondary N) is 2. The number of aromatic amines is 1. The predicted molar refractivity (Wildman–Crippen MR) is 94.0 cm³/mol. The molecule has 0 bridgehead atoms. The van der Waals surface area contributed by atoms with Gasteiger partial charge in [0.05, 0.1) is 0 Å². The van der Waals surface area contributed by atoms with Crippen molar-refractivity contribution in [2.24, 2.45) is 0 Å². The smallest absolute Gasteiger partial charge is 0.261 e. The number of pyridine rings is 1. The molecule has 1 aromatic carbocycles. The summed E-state index contributed by atoms with van der Waals surface area (Å²) >= 11 is 5.85. The first-order chi connectivity index (χ1) is 11.1. The molecule has 0 spiro atoms. The minimum Gasteiger partial charge on any atom is -0.352 e. The van der Waals surface area contributed by atoms with Gasteiger partial charge in [-0.05, 0) is 36.2 Å².